The molecule has 0 aromatic heterocycles. The predicted octanol–water partition coefficient (Wildman–Crippen LogP) is 6.42. The van der Waals surface area contributed by atoms with Crippen molar-refractivity contribution in [2.24, 2.45) is 0 Å². The van der Waals surface area contributed by atoms with Crippen LogP contribution in [-0.4, -0.2) is 6.94 Å². The van der Waals surface area contributed by atoms with Gasteiger partial charge in [0.05, 0.1) is 0 Å². The summed E-state index contributed by atoms with van der Waals surface area (Å²) in [6.45, 7) is 11.9. The van der Waals surface area contributed by atoms with Crippen molar-refractivity contribution in [2.45, 2.75) is 44.4 Å². The van der Waals surface area contributed by atoms with Crippen LogP contribution in [0, 0.1) is 0 Å². The molecule has 2 aliphatic rings. The molecular formula is C24H30HfSi. The van der Waals surface area contributed by atoms with Gasteiger partial charge in [-0.05, 0) is 0 Å². The van der Waals surface area contributed by atoms with Crippen molar-refractivity contribution >= 4 is 18.1 Å². The SMILES string of the molecule is CC1=C(C)[CH]([Hf]([CH3])([CH3])(=[SiH2])[CH]2C(C)=C(C)c3ccccc32)c2ccccc21. The van der Waals surface area contributed by atoms with Crippen LogP contribution in [0.3, 0.4) is 0 Å². The average molecular weight is 525 g/mol. The normalized spacial score (nSPS) is 22.7. The van der Waals surface area contributed by atoms with Gasteiger partial charge in [-0.1, -0.05) is 0 Å². The number of rotatable bonds is 2. The first kappa shape index (κ1) is 18.4. The van der Waals surface area contributed by atoms with Gasteiger partial charge in [0.1, 0.15) is 0 Å². The molecule has 0 saturated heterocycles. The van der Waals surface area contributed by atoms with Gasteiger partial charge in [-0.25, -0.2) is 0 Å². The number of hydrogen-bond donors (Lipinski definition) is 0. The second kappa shape index (κ2) is 5.75. The van der Waals surface area contributed by atoms with Gasteiger partial charge in [0.25, 0.3) is 0 Å². The Balaban J connectivity index is 1.99. The van der Waals surface area contributed by atoms with Crippen LogP contribution in [0.25, 0.3) is 11.1 Å². The van der Waals surface area contributed by atoms with Crippen molar-refractivity contribution in [3.05, 3.63) is 81.9 Å². The van der Waals surface area contributed by atoms with E-state index < -0.39 is 17.1 Å². The van der Waals surface area contributed by atoms with Gasteiger partial charge in [-0.3, -0.25) is 0 Å². The van der Waals surface area contributed by atoms with Gasteiger partial charge >= 0.3 is 162 Å². The quantitative estimate of drug-likeness (QED) is 0.398. The summed E-state index contributed by atoms with van der Waals surface area (Å²) in [6.07, 6.45) is 0. The number of fused-ring (bicyclic) bond motifs is 2. The van der Waals surface area contributed by atoms with Crippen LogP contribution in [0.1, 0.15) is 57.3 Å². The Labute approximate surface area is 160 Å². The molecule has 0 aliphatic heterocycles. The number of benzene rings is 2. The van der Waals surface area contributed by atoms with Crippen LogP contribution < -0.4 is 0 Å². The van der Waals surface area contributed by atoms with Crippen LogP contribution in [0.5, 0.6) is 0 Å². The van der Waals surface area contributed by atoms with Crippen LogP contribution in [0.2, 0.25) is 9.36 Å². The van der Waals surface area contributed by atoms with Gasteiger partial charge in [-0.2, -0.15) is 0 Å². The first-order valence-electron chi connectivity index (χ1n) is 9.74. The summed E-state index contributed by atoms with van der Waals surface area (Å²) < 4.78 is 6.76. The summed E-state index contributed by atoms with van der Waals surface area (Å²) in [7, 11) is 0. The maximum atomic E-state index is 2.72. The van der Waals surface area contributed by atoms with Gasteiger partial charge in [0, 0.05) is 0 Å². The Morgan fingerprint density at radius 3 is 1.38 bits per heavy atom. The molecule has 0 bridgehead atoms. The fraction of sp³-hybridized carbons (Fsp3) is 0.333. The van der Waals surface area contributed by atoms with E-state index in [2.05, 4.69) is 92.5 Å². The van der Waals surface area contributed by atoms with Crippen LogP contribution in [0.15, 0.2) is 59.7 Å². The minimum atomic E-state index is -3.38. The second-order valence-corrected chi connectivity index (χ2v) is 53.1. The van der Waals surface area contributed by atoms with E-state index in [1.54, 1.807) is 22.3 Å². The summed E-state index contributed by atoms with van der Waals surface area (Å²) in [4.78, 5) is 0. The van der Waals surface area contributed by atoms with Crippen LogP contribution >= 0.6 is 0 Å². The third kappa shape index (κ3) is 2.34. The zero-order valence-electron chi connectivity index (χ0n) is 17.0. The summed E-state index contributed by atoms with van der Waals surface area (Å²) in [6, 6.07) is 18.4. The standard InChI is InChI=1S/2C11H11.2CH3.Hf.H2Si/c2*1-8-7-10-5-3-4-6-11(10)9(8)2;;;;/h2*3-7H,1-2H3;2*1H3;;1H2. The molecule has 4 rings (SSSR count). The monoisotopic (exact) mass is 526 g/mol. The van der Waals surface area contributed by atoms with E-state index in [1.807, 2.05) is 0 Å². The van der Waals surface area contributed by atoms with Crippen molar-refractivity contribution in [3.63, 3.8) is 0 Å². The summed E-state index contributed by atoms with van der Waals surface area (Å²) in [5.41, 5.74) is 12.5. The summed E-state index contributed by atoms with van der Waals surface area (Å²) in [5.74, 6) is 0. The molecule has 134 valence electrons. The molecule has 2 aromatic carbocycles. The van der Waals surface area contributed by atoms with Crippen molar-refractivity contribution in [3.8, 4) is 0 Å². The fourth-order valence-corrected chi connectivity index (χ4v) is 36.8. The molecule has 26 heavy (non-hydrogen) atoms. The van der Waals surface area contributed by atoms with E-state index >= 15 is 0 Å². The molecule has 0 amide bonds. The second-order valence-electron chi connectivity index (χ2n) is 9.59. The molecule has 0 heterocycles. The third-order valence-electron chi connectivity index (χ3n) is 7.30. The topological polar surface area (TPSA) is 0 Å². The molecule has 0 fully saturated rings. The Bertz CT molecular complexity index is 982. The molecule has 2 heteroatoms. The summed E-state index contributed by atoms with van der Waals surface area (Å²) in [5, 5.41) is 0. The first-order chi connectivity index (χ1) is 12.1. The van der Waals surface area contributed by atoms with E-state index in [0.717, 1.165) is 0 Å². The molecule has 0 nitrogen and oxygen atoms in total. The maximum absolute atomic E-state index is 3.38. The molecule has 2 aromatic rings. The van der Waals surface area contributed by atoms with Crippen LogP contribution in [0.4, 0.5) is 0 Å². The Kier molecular flexibility index (Phi) is 4.06. The molecule has 0 saturated carbocycles. The van der Waals surface area contributed by atoms with Gasteiger partial charge in [0.2, 0.25) is 0 Å². The first-order valence-corrected chi connectivity index (χ1v) is 29.4. The Morgan fingerprint density at radius 2 is 1.00 bits per heavy atom. The predicted molar refractivity (Wildman–Crippen MR) is 115 cm³/mol. The fourth-order valence-electron chi connectivity index (χ4n) is 6.12. The van der Waals surface area contributed by atoms with E-state index in [9.17, 15) is 0 Å². The molecule has 2 atom stereocenters. The van der Waals surface area contributed by atoms with E-state index in [-0.39, 0.29) is 0 Å². The molecule has 0 radical (unpaired) electrons. The zero-order valence-corrected chi connectivity index (χ0v) is 22.0. The number of allylic oxidation sites excluding steroid dienone is 4. The number of hydrogen-bond acceptors (Lipinski definition) is 0. The van der Waals surface area contributed by atoms with Crippen molar-refractivity contribution < 1.29 is 17.1 Å². The molecule has 0 N–H and O–H groups in total. The third-order valence-corrected chi connectivity index (χ3v) is 33.0. The Morgan fingerprint density at radius 1 is 0.654 bits per heavy atom. The van der Waals surface area contributed by atoms with Gasteiger partial charge < -0.3 is 0 Å². The Hall–Kier alpha value is -0.993. The van der Waals surface area contributed by atoms with E-state index in [1.165, 1.54) is 22.3 Å². The van der Waals surface area contributed by atoms with E-state index in [0.29, 0.717) is 7.35 Å². The van der Waals surface area contributed by atoms with Crippen LogP contribution in [-0.2, 0) is 17.1 Å². The van der Waals surface area contributed by atoms with Crippen molar-refractivity contribution in [1.82, 2.24) is 0 Å². The molecule has 2 aliphatic carbocycles. The van der Waals surface area contributed by atoms with Gasteiger partial charge in [0.15, 0.2) is 0 Å². The average Bonchev–Trinajstić information content (AvgIpc) is 3.01. The molecular weight excluding hydrogens is 495 g/mol. The van der Waals surface area contributed by atoms with Gasteiger partial charge in [-0.15, -0.1) is 0 Å². The van der Waals surface area contributed by atoms with Crippen molar-refractivity contribution in [2.75, 3.05) is 0 Å². The molecule has 0 spiro atoms. The zero-order chi connectivity index (χ0) is 18.9. The summed E-state index contributed by atoms with van der Waals surface area (Å²) >= 11 is -3.38. The minimum absolute atomic E-state index is 0.653. The van der Waals surface area contributed by atoms with E-state index in [4.69, 9.17) is 0 Å². The van der Waals surface area contributed by atoms with Crippen molar-refractivity contribution in [1.29, 1.82) is 0 Å². The molecule has 2 unspecified atom stereocenters.